The molecule has 2 aromatic rings. The molecular formula is C12H11NO2S. The van der Waals surface area contributed by atoms with Crippen molar-refractivity contribution in [2.24, 2.45) is 0 Å². The van der Waals surface area contributed by atoms with Crippen molar-refractivity contribution in [2.75, 3.05) is 0 Å². The number of fused-ring (bicyclic) bond motifs is 1. The molecule has 4 heteroatoms. The summed E-state index contributed by atoms with van der Waals surface area (Å²) in [4.78, 5) is 15.1. The number of aromatic nitrogens is 1. The second-order valence-corrected chi connectivity index (χ2v) is 3.90. The van der Waals surface area contributed by atoms with Gasteiger partial charge in [-0.3, -0.25) is 9.78 Å². The molecular weight excluding hydrogens is 222 g/mol. The average molecular weight is 233 g/mol. The largest absolute Gasteiger partial charge is 0.482 e. The van der Waals surface area contributed by atoms with Crippen LogP contribution in [-0.2, 0) is 4.79 Å². The normalized spacial score (nSPS) is 12.4. The molecule has 2 rings (SSSR count). The molecule has 1 atom stereocenters. The molecule has 1 aromatic heterocycles. The van der Waals surface area contributed by atoms with Crippen LogP contribution in [0.5, 0.6) is 5.75 Å². The number of pyridine rings is 1. The van der Waals surface area contributed by atoms with Crippen molar-refractivity contribution in [1.29, 1.82) is 0 Å². The number of benzene rings is 1. The van der Waals surface area contributed by atoms with E-state index in [-0.39, 0.29) is 5.12 Å². The molecule has 16 heavy (non-hydrogen) atoms. The maximum absolute atomic E-state index is 10.9. The van der Waals surface area contributed by atoms with Gasteiger partial charge in [0.05, 0.1) is 5.52 Å². The second kappa shape index (κ2) is 4.53. The Morgan fingerprint density at radius 1 is 1.44 bits per heavy atom. The summed E-state index contributed by atoms with van der Waals surface area (Å²) in [5, 5.41) is 0.699. The SMILES string of the molecule is CC(Oc1ccc2ncccc2c1)C(=O)S. The zero-order valence-electron chi connectivity index (χ0n) is 8.75. The topological polar surface area (TPSA) is 39.2 Å². The van der Waals surface area contributed by atoms with Gasteiger partial charge < -0.3 is 4.74 Å². The summed E-state index contributed by atoms with van der Waals surface area (Å²) >= 11 is 3.72. The highest BCUT2D eigenvalue weighted by atomic mass is 32.1. The highest BCUT2D eigenvalue weighted by Gasteiger charge is 2.10. The molecule has 0 saturated carbocycles. The van der Waals surface area contributed by atoms with Crippen LogP contribution >= 0.6 is 12.6 Å². The number of carbonyl (C=O) groups is 1. The van der Waals surface area contributed by atoms with E-state index >= 15 is 0 Å². The van der Waals surface area contributed by atoms with Crippen molar-refractivity contribution in [1.82, 2.24) is 4.98 Å². The first-order valence-electron chi connectivity index (χ1n) is 4.91. The van der Waals surface area contributed by atoms with Gasteiger partial charge in [-0.2, -0.15) is 0 Å². The van der Waals surface area contributed by atoms with Crippen LogP contribution in [0.15, 0.2) is 36.5 Å². The number of carbonyl (C=O) groups excluding carboxylic acids is 1. The highest BCUT2D eigenvalue weighted by molar-refractivity contribution is 7.96. The Balaban J connectivity index is 2.29. The van der Waals surface area contributed by atoms with Crippen molar-refractivity contribution >= 4 is 28.6 Å². The van der Waals surface area contributed by atoms with E-state index in [2.05, 4.69) is 17.6 Å². The van der Waals surface area contributed by atoms with Gasteiger partial charge in [0, 0.05) is 11.6 Å². The Morgan fingerprint density at radius 3 is 3.00 bits per heavy atom. The first-order chi connectivity index (χ1) is 7.66. The second-order valence-electron chi connectivity index (χ2n) is 3.46. The third-order valence-corrected chi connectivity index (χ3v) is 2.60. The summed E-state index contributed by atoms with van der Waals surface area (Å²) in [5.74, 6) is 0.649. The van der Waals surface area contributed by atoms with Gasteiger partial charge in [-0.25, -0.2) is 0 Å². The number of hydrogen-bond donors (Lipinski definition) is 1. The maximum atomic E-state index is 10.9. The molecule has 1 unspecified atom stereocenters. The van der Waals surface area contributed by atoms with Crippen molar-refractivity contribution in [2.45, 2.75) is 13.0 Å². The van der Waals surface area contributed by atoms with Gasteiger partial charge in [0.2, 0.25) is 5.12 Å². The number of nitrogens with zero attached hydrogens (tertiary/aromatic N) is 1. The van der Waals surface area contributed by atoms with Gasteiger partial charge >= 0.3 is 0 Å². The van der Waals surface area contributed by atoms with Gasteiger partial charge in [0.15, 0.2) is 6.10 Å². The molecule has 0 N–H and O–H groups in total. The summed E-state index contributed by atoms with van der Waals surface area (Å²) in [6.45, 7) is 1.67. The van der Waals surface area contributed by atoms with Crippen molar-refractivity contribution in [3.63, 3.8) is 0 Å². The fourth-order valence-electron chi connectivity index (χ4n) is 1.38. The Bertz CT molecular complexity index is 527. The van der Waals surface area contributed by atoms with Crippen LogP contribution in [0.2, 0.25) is 0 Å². The molecule has 0 fully saturated rings. The number of rotatable bonds is 3. The minimum Gasteiger partial charge on any atom is -0.482 e. The maximum Gasteiger partial charge on any atom is 0.226 e. The fraction of sp³-hybridized carbons (Fsp3) is 0.167. The average Bonchev–Trinajstić information content (AvgIpc) is 2.28. The molecule has 82 valence electrons. The summed E-state index contributed by atoms with van der Waals surface area (Å²) in [6, 6.07) is 9.32. The van der Waals surface area contributed by atoms with Gasteiger partial charge in [0.1, 0.15) is 5.75 Å². The van der Waals surface area contributed by atoms with Crippen molar-refractivity contribution in [3.8, 4) is 5.75 Å². The van der Waals surface area contributed by atoms with Crippen LogP contribution in [0.25, 0.3) is 10.9 Å². The fourth-order valence-corrected chi connectivity index (χ4v) is 1.43. The molecule has 0 spiro atoms. The van der Waals surface area contributed by atoms with E-state index < -0.39 is 6.10 Å². The monoisotopic (exact) mass is 233 g/mol. The van der Waals surface area contributed by atoms with Gasteiger partial charge in [0.25, 0.3) is 0 Å². The summed E-state index contributed by atoms with van der Waals surface area (Å²) in [6.07, 6.45) is 1.19. The molecule has 3 nitrogen and oxygen atoms in total. The standard InChI is InChI=1S/C12H11NO2S/c1-8(12(14)16)15-10-4-5-11-9(7-10)3-2-6-13-11/h2-8H,1H3,(H,14,16). The lowest BCUT2D eigenvalue weighted by Gasteiger charge is -2.11. The smallest absolute Gasteiger partial charge is 0.226 e. The molecule has 0 amide bonds. The lowest BCUT2D eigenvalue weighted by atomic mass is 10.2. The van der Waals surface area contributed by atoms with Crippen LogP contribution in [0.1, 0.15) is 6.92 Å². The van der Waals surface area contributed by atoms with E-state index in [9.17, 15) is 4.79 Å². The Kier molecular flexibility index (Phi) is 3.10. The Labute approximate surface area is 98.9 Å². The molecule has 0 aliphatic carbocycles. The summed E-state index contributed by atoms with van der Waals surface area (Å²) < 4.78 is 5.43. The summed E-state index contributed by atoms with van der Waals surface area (Å²) in [5.41, 5.74) is 0.903. The van der Waals surface area contributed by atoms with E-state index in [0.717, 1.165) is 10.9 Å². The van der Waals surface area contributed by atoms with Crippen LogP contribution in [0.3, 0.4) is 0 Å². The zero-order valence-corrected chi connectivity index (χ0v) is 9.65. The lowest BCUT2D eigenvalue weighted by molar-refractivity contribution is -0.116. The van der Waals surface area contributed by atoms with Crippen LogP contribution in [0.4, 0.5) is 0 Å². The third-order valence-electron chi connectivity index (χ3n) is 2.24. The molecule has 0 aliphatic rings. The first-order valence-corrected chi connectivity index (χ1v) is 5.36. The Morgan fingerprint density at radius 2 is 2.25 bits per heavy atom. The van der Waals surface area contributed by atoms with E-state index in [1.54, 1.807) is 19.2 Å². The highest BCUT2D eigenvalue weighted by Crippen LogP contribution is 2.20. The van der Waals surface area contributed by atoms with Crippen LogP contribution in [-0.4, -0.2) is 16.2 Å². The van der Waals surface area contributed by atoms with Gasteiger partial charge in [-0.1, -0.05) is 6.07 Å². The third kappa shape index (κ3) is 2.33. The molecule has 1 heterocycles. The predicted octanol–water partition coefficient (Wildman–Crippen LogP) is 2.46. The van der Waals surface area contributed by atoms with Crippen molar-refractivity contribution in [3.05, 3.63) is 36.5 Å². The molecule has 0 aliphatic heterocycles. The Hall–Kier alpha value is -1.55. The van der Waals surface area contributed by atoms with Crippen LogP contribution in [0, 0.1) is 0 Å². The molecule has 0 saturated heterocycles. The number of thiol groups is 1. The summed E-state index contributed by atoms with van der Waals surface area (Å²) in [7, 11) is 0. The van der Waals surface area contributed by atoms with E-state index in [1.165, 1.54) is 0 Å². The lowest BCUT2D eigenvalue weighted by Crippen LogP contribution is -2.18. The minimum absolute atomic E-state index is 0.286. The molecule has 0 radical (unpaired) electrons. The first kappa shape index (κ1) is 11.0. The number of ether oxygens (including phenoxy) is 1. The predicted molar refractivity (Wildman–Crippen MR) is 65.8 cm³/mol. The van der Waals surface area contributed by atoms with E-state index in [0.29, 0.717) is 5.75 Å². The molecule has 0 bridgehead atoms. The van der Waals surface area contributed by atoms with Gasteiger partial charge in [-0.15, -0.1) is 12.6 Å². The van der Waals surface area contributed by atoms with E-state index in [1.807, 2.05) is 24.3 Å². The van der Waals surface area contributed by atoms with E-state index in [4.69, 9.17) is 4.74 Å². The molecule has 1 aromatic carbocycles. The quantitative estimate of drug-likeness (QED) is 0.828. The zero-order chi connectivity index (χ0) is 11.5. The van der Waals surface area contributed by atoms with Crippen molar-refractivity contribution < 1.29 is 9.53 Å². The number of hydrogen-bond acceptors (Lipinski definition) is 3. The van der Waals surface area contributed by atoms with Gasteiger partial charge in [-0.05, 0) is 31.2 Å². The van der Waals surface area contributed by atoms with Crippen LogP contribution < -0.4 is 4.74 Å². The minimum atomic E-state index is -0.544.